The SMILES string of the molecule is CCOc1cc(CNC(=NC)N2CCN(CC(=O)N3CCCCCC3)CC2)ccc1OC.I. The molecule has 33 heavy (non-hydrogen) atoms. The van der Waals surface area contributed by atoms with E-state index >= 15 is 0 Å². The molecule has 0 radical (unpaired) electrons. The largest absolute Gasteiger partial charge is 0.493 e. The Labute approximate surface area is 215 Å². The number of likely N-dealkylation sites (tertiary alicyclic amines) is 1. The van der Waals surface area contributed by atoms with Gasteiger partial charge in [-0.15, -0.1) is 24.0 Å². The van der Waals surface area contributed by atoms with Gasteiger partial charge in [0.25, 0.3) is 0 Å². The summed E-state index contributed by atoms with van der Waals surface area (Å²) in [6, 6.07) is 5.98. The van der Waals surface area contributed by atoms with Crippen LogP contribution in [0.1, 0.15) is 38.2 Å². The summed E-state index contributed by atoms with van der Waals surface area (Å²) >= 11 is 0. The molecule has 1 N–H and O–H groups in total. The topological polar surface area (TPSA) is 69.6 Å². The number of hydrogen-bond donors (Lipinski definition) is 1. The molecule has 2 aliphatic rings. The quantitative estimate of drug-likeness (QED) is 0.308. The predicted octanol–water partition coefficient (Wildman–Crippen LogP) is 2.81. The van der Waals surface area contributed by atoms with Crippen molar-refractivity contribution < 1.29 is 14.3 Å². The fourth-order valence-electron chi connectivity index (χ4n) is 4.34. The highest BCUT2D eigenvalue weighted by Gasteiger charge is 2.23. The van der Waals surface area contributed by atoms with Crippen LogP contribution in [0, 0.1) is 0 Å². The van der Waals surface area contributed by atoms with Gasteiger partial charge in [-0.2, -0.15) is 0 Å². The summed E-state index contributed by atoms with van der Waals surface area (Å²) in [6.07, 6.45) is 4.78. The van der Waals surface area contributed by atoms with E-state index in [1.165, 1.54) is 12.8 Å². The lowest BCUT2D eigenvalue weighted by atomic mass is 10.2. The number of rotatable bonds is 7. The molecule has 0 unspecified atom stereocenters. The van der Waals surface area contributed by atoms with Gasteiger partial charge in [0.15, 0.2) is 17.5 Å². The maximum absolute atomic E-state index is 12.7. The molecular formula is C24H40IN5O3. The zero-order valence-electron chi connectivity index (χ0n) is 20.3. The van der Waals surface area contributed by atoms with E-state index in [0.29, 0.717) is 19.7 Å². The Kier molecular flexibility index (Phi) is 12.1. The smallest absolute Gasteiger partial charge is 0.236 e. The Morgan fingerprint density at radius 1 is 1.00 bits per heavy atom. The molecule has 3 rings (SSSR count). The van der Waals surface area contributed by atoms with Gasteiger partial charge in [0.2, 0.25) is 5.91 Å². The average molecular weight is 574 g/mol. The number of nitrogens with one attached hydrogen (secondary N) is 1. The monoisotopic (exact) mass is 573 g/mol. The molecule has 0 bridgehead atoms. The minimum atomic E-state index is 0. The molecule has 9 heteroatoms. The number of ether oxygens (including phenoxy) is 2. The number of piperazine rings is 1. The van der Waals surface area contributed by atoms with Crippen LogP contribution in [0.15, 0.2) is 23.2 Å². The summed E-state index contributed by atoms with van der Waals surface area (Å²) in [5.41, 5.74) is 1.11. The second kappa shape index (κ2) is 14.5. The number of methoxy groups -OCH3 is 1. The van der Waals surface area contributed by atoms with E-state index in [9.17, 15) is 4.79 Å². The molecular weight excluding hydrogens is 533 g/mol. The minimum Gasteiger partial charge on any atom is -0.493 e. The molecule has 0 aliphatic carbocycles. The van der Waals surface area contributed by atoms with Gasteiger partial charge in [-0.1, -0.05) is 18.9 Å². The Morgan fingerprint density at radius 3 is 2.30 bits per heavy atom. The van der Waals surface area contributed by atoms with Crippen molar-refractivity contribution in [3.8, 4) is 11.5 Å². The van der Waals surface area contributed by atoms with E-state index in [0.717, 1.165) is 75.1 Å². The van der Waals surface area contributed by atoms with Crippen molar-refractivity contribution in [2.75, 3.05) is 66.6 Å². The standard InChI is InChI=1S/C24H39N5O3.HI/c1-4-32-22-17-20(9-10-21(22)31-3)18-26-24(25-2)29-15-13-27(14-16-29)19-23(30)28-11-7-5-6-8-12-28;/h9-10,17H,4-8,11-16,18-19H2,1-3H3,(H,25,26);1H. The molecule has 0 aromatic heterocycles. The van der Waals surface area contributed by atoms with Gasteiger partial charge in [-0.05, 0) is 37.5 Å². The van der Waals surface area contributed by atoms with Crippen molar-refractivity contribution in [2.24, 2.45) is 4.99 Å². The van der Waals surface area contributed by atoms with Crippen molar-refractivity contribution >= 4 is 35.8 Å². The van der Waals surface area contributed by atoms with Crippen LogP contribution in [0.5, 0.6) is 11.5 Å². The highest BCUT2D eigenvalue weighted by atomic mass is 127. The summed E-state index contributed by atoms with van der Waals surface area (Å²) in [4.78, 5) is 23.8. The molecule has 0 atom stereocenters. The van der Waals surface area contributed by atoms with Gasteiger partial charge in [0, 0.05) is 52.9 Å². The Bertz CT molecular complexity index is 760. The number of benzene rings is 1. The van der Waals surface area contributed by atoms with Crippen LogP contribution in [0.4, 0.5) is 0 Å². The van der Waals surface area contributed by atoms with Crippen LogP contribution in [-0.2, 0) is 11.3 Å². The number of halogens is 1. The summed E-state index contributed by atoms with van der Waals surface area (Å²) in [5.74, 6) is 2.67. The Morgan fingerprint density at radius 2 is 1.70 bits per heavy atom. The van der Waals surface area contributed by atoms with Crippen molar-refractivity contribution in [1.82, 2.24) is 20.0 Å². The van der Waals surface area contributed by atoms with Gasteiger partial charge in [-0.25, -0.2) is 0 Å². The van der Waals surface area contributed by atoms with Crippen LogP contribution < -0.4 is 14.8 Å². The van der Waals surface area contributed by atoms with Gasteiger partial charge in [0.05, 0.1) is 20.3 Å². The molecule has 0 saturated carbocycles. The maximum atomic E-state index is 12.7. The Balaban J connectivity index is 0.00000385. The zero-order chi connectivity index (χ0) is 22.8. The van der Waals surface area contributed by atoms with E-state index in [-0.39, 0.29) is 29.9 Å². The van der Waals surface area contributed by atoms with E-state index in [1.807, 2.05) is 32.2 Å². The van der Waals surface area contributed by atoms with Crippen molar-refractivity contribution in [3.63, 3.8) is 0 Å². The van der Waals surface area contributed by atoms with E-state index in [1.54, 1.807) is 7.11 Å². The van der Waals surface area contributed by atoms with Gasteiger partial charge in [-0.3, -0.25) is 14.7 Å². The fraction of sp³-hybridized carbons (Fsp3) is 0.667. The van der Waals surface area contributed by atoms with Gasteiger partial charge >= 0.3 is 0 Å². The van der Waals surface area contributed by atoms with Crippen LogP contribution in [0.25, 0.3) is 0 Å². The first-order valence-corrected chi connectivity index (χ1v) is 11.9. The molecule has 1 aromatic carbocycles. The normalized spacial score (nSPS) is 17.7. The van der Waals surface area contributed by atoms with E-state index in [2.05, 4.69) is 25.0 Å². The second-order valence-electron chi connectivity index (χ2n) is 8.38. The predicted molar refractivity (Wildman–Crippen MR) is 143 cm³/mol. The van der Waals surface area contributed by atoms with E-state index in [4.69, 9.17) is 9.47 Å². The number of aliphatic imine (C=N–C) groups is 1. The third-order valence-corrected chi connectivity index (χ3v) is 6.18. The number of nitrogens with zero attached hydrogens (tertiary/aromatic N) is 4. The molecule has 2 fully saturated rings. The summed E-state index contributed by atoms with van der Waals surface area (Å²) in [6.45, 7) is 9.06. The number of carbonyl (C=O) groups excluding carboxylic acids is 1. The second-order valence-corrected chi connectivity index (χ2v) is 8.38. The van der Waals surface area contributed by atoms with Crippen molar-refractivity contribution in [2.45, 2.75) is 39.2 Å². The number of hydrogen-bond acceptors (Lipinski definition) is 5. The van der Waals surface area contributed by atoms with Crippen LogP contribution >= 0.6 is 24.0 Å². The molecule has 2 aliphatic heterocycles. The highest BCUT2D eigenvalue weighted by Crippen LogP contribution is 2.28. The van der Waals surface area contributed by atoms with Crippen LogP contribution in [0.3, 0.4) is 0 Å². The summed E-state index contributed by atoms with van der Waals surface area (Å²) < 4.78 is 11.1. The Hall–Kier alpha value is -1.75. The lowest BCUT2D eigenvalue weighted by Gasteiger charge is -2.37. The third-order valence-electron chi connectivity index (χ3n) is 6.18. The highest BCUT2D eigenvalue weighted by molar-refractivity contribution is 14.0. The minimum absolute atomic E-state index is 0. The molecule has 2 heterocycles. The maximum Gasteiger partial charge on any atom is 0.236 e. The molecule has 186 valence electrons. The molecule has 8 nitrogen and oxygen atoms in total. The van der Waals surface area contributed by atoms with Crippen LogP contribution in [0.2, 0.25) is 0 Å². The first kappa shape index (κ1) is 27.5. The van der Waals surface area contributed by atoms with E-state index < -0.39 is 0 Å². The zero-order valence-corrected chi connectivity index (χ0v) is 22.7. The van der Waals surface area contributed by atoms with Gasteiger partial charge < -0.3 is 24.6 Å². The lowest BCUT2D eigenvalue weighted by molar-refractivity contribution is -0.132. The summed E-state index contributed by atoms with van der Waals surface area (Å²) in [5, 5.41) is 3.46. The van der Waals surface area contributed by atoms with Gasteiger partial charge in [0.1, 0.15) is 0 Å². The average Bonchev–Trinajstić information content (AvgIpc) is 3.11. The van der Waals surface area contributed by atoms with Crippen molar-refractivity contribution in [3.05, 3.63) is 23.8 Å². The number of amides is 1. The van der Waals surface area contributed by atoms with Crippen LogP contribution in [-0.4, -0.2) is 93.1 Å². The number of guanidine groups is 1. The number of carbonyl (C=O) groups is 1. The molecule has 1 aromatic rings. The lowest BCUT2D eigenvalue weighted by Crippen LogP contribution is -2.54. The molecule has 0 spiro atoms. The fourth-order valence-corrected chi connectivity index (χ4v) is 4.34. The first-order chi connectivity index (χ1) is 15.6. The van der Waals surface area contributed by atoms with Crippen molar-refractivity contribution in [1.29, 1.82) is 0 Å². The molecule has 1 amide bonds. The molecule has 2 saturated heterocycles. The third kappa shape index (κ3) is 8.20. The first-order valence-electron chi connectivity index (χ1n) is 11.9. The summed E-state index contributed by atoms with van der Waals surface area (Å²) in [7, 11) is 3.47.